The maximum Gasteiger partial charge on any atom is 0.326 e. The molecular weight excluding hydrogens is 154 g/mol. The van der Waals surface area contributed by atoms with E-state index in [1.165, 1.54) is 7.11 Å². The molecule has 3 nitrogen and oxygen atoms in total. The molecule has 0 aliphatic heterocycles. The molecule has 0 aromatic heterocycles. The zero-order chi connectivity index (χ0) is 6.91. The lowest BCUT2D eigenvalue weighted by molar-refractivity contribution is -0.144. The van der Waals surface area contributed by atoms with Gasteiger partial charge < -0.3 is 10.1 Å². The Kier molecular flexibility index (Phi) is 3.12. The average molecular weight is 166 g/mol. The van der Waals surface area contributed by atoms with Gasteiger partial charge in [-0.3, -0.25) is 4.79 Å². The molecule has 0 bridgehead atoms. The molecule has 10 heavy (non-hydrogen) atoms. The molecule has 1 N–H and O–H groups in total. The maximum absolute atomic E-state index is 10.8. The molecule has 1 aliphatic rings. The van der Waals surface area contributed by atoms with Crippen LogP contribution in [0.25, 0.3) is 0 Å². The lowest BCUT2D eigenvalue weighted by Crippen LogP contribution is -2.37. The van der Waals surface area contributed by atoms with Crippen molar-refractivity contribution < 1.29 is 9.53 Å². The van der Waals surface area contributed by atoms with Gasteiger partial charge in [-0.05, 0) is 19.9 Å². The summed E-state index contributed by atoms with van der Waals surface area (Å²) in [6.07, 6.45) is 1.83. The largest absolute Gasteiger partial charge is 0.468 e. The molecule has 0 amide bonds. The van der Waals surface area contributed by atoms with Crippen molar-refractivity contribution in [2.24, 2.45) is 0 Å². The van der Waals surface area contributed by atoms with Gasteiger partial charge in [0.15, 0.2) is 0 Å². The van der Waals surface area contributed by atoms with Gasteiger partial charge in [0.05, 0.1) is 7.11 Å². The number of ether oxygens (including phenoxy) is 1. The van der Waals surface area contributed by atoms with E-state index in [0.717, 1.165) is 12.8 Å². The third-order valence-corrected chi connectivity index (χ3v) is 1.80. The molecule has 60 valence electrons. The first-order valence-corrected chi connectivity index (χ1v) is 3.02. The van der Waals surface area contributed by atoms with E-state index in [0.29, 0.717) is 0 Å². The SMILES string of the molecule is CNC1(C(=O)OC)CC1.Cl. The number of esters is 1. The van der Waals surface area contributed by atoms with Crippen LogP contribution in [0.15, 0.2) is 0 Å². The monoisotopic (exact) mass is 165 g/mol. The predicted molar refractivity (Wildman–Crippen MR) is 40.3 cm³/mol. The quantitative estimate of drug-likeness (QED) is 0.600. The van der Waals surface area contributed by atoms with E-state index in [1.54, 1.807) is 7.05 Å². The number of hydrogen-bond acceptors (Lipinski definition) is 3. The van der Waals surface area contributed by atoms with Crippen LogP contribution in [0.2, 0.25) is 0 Å². The summed E-state index contributed by atoms with van der Waals surface area (Å²) in [4.78, 5) is 10.8. The fraction of sp³-hybridized carbons (Fsp3) is 0.833. The fourth-order valence-corrected chi connectivity index (χ4v) is 0.877. The van der Waals surface area contributed by atoms with E-state index in [1.807, 2.05) is 0 Å². The maximum atomic E-state index is 10.8. The Balaban J connectivity index is 0.000000810. The van der Waals surface area contributed by atoms with E-state index >= 15 is 0 Å². The van der Waals surface area contributed by atoms with Crippen molar-refractivity contribution in [3.8, 4) is 0 Å². The number of carbonyl (C=O) groups is 1. The first-order chi connectivity index (χ1) is 4.25. The Morgan fingerprint density at radius 3 is 2.20 bits per heavy atom. The highest BCUT2D eigenvalue weighted by atomic mass is 35.5. The van der Waals surface area contributed by atoms with E-state index in [4.69, 9.17) is 0 Å². The number of rotatable bonds is 2. The fourth-order valence-electron chi connectivity index (χ4n) is 0.877. The molecule has 0 spiro atoms. The normalized spacial score (nSPS) is 19.0. The first-order valence-electron chi connectivity index (χ1n) is 3.02. The lowest BCUT2D eigenvalue weighted by Gasteiger charge is -2.09. The van der Waals surface area contributed by atoms with Gasteiger partial charge in [0.1, 0.15) is 5.54 Å². The van der Waals surface area contributed by atoms with Crippen molar-refractivity contribution in [1.29, 1.82) is 0 Å². The molecule has 1 aliphatic carbocycles. The van der Waals surface area contributed by atoms with Crippen LogP contribution in [-0.4, -0.2) is 25.7 Å². The van der Waals surface area contributed by atoms with Crippen LogP contribution in [0.1, 0.15) is 12.8 Å². The molecular formula is C6H12ClNO2. The van der Waals surface area contributed by atoms with E-state index in [2.05, 4.69) is 10.1 Å². The van der Waals surface area contributed by atoms with Crippen LogP contribution in [0.5, 0.6) is 0 Å². The van der Waals surface area contributed by atoms with Crippen LogP contribution in [0.4, 0.5) is 0 Å². The summed E-state index contributed by atoms with van der Waals surface area (Å²) in [5.74, 6) is -0.134. The van der Waals surface area contributed by atoms with Gasteiger partial charge in [0.25, 0.3) is 0 Å². The Hall–Kier alpha value is -0.280. The van der Waals surface area contributed by atoms with Gasteiger partial charge in [0, 0.05) is 0 Å². The summed E-state index contributed by atoms with van der Waals surface area (Å²) in [5.41, 5.74) is -0.311. The number of halogens is 1. The van der Waals surface area contributed by atoms with Crippen LogP contribution in [0.3, 0.4) is 0 Å². The minimum atomic E-state index is -0.311. The molecule has 0 radical (unpaired) electrons. The summed E-state index contributed by atoms with van der Waals surface area (Å²) in [7, 11) is 3.20. The van der Waals surface area contributed by atoms with Gasteiger partial charge in [-0.25, -0.2) is 0 Å². The molecule has 1 saturated carbocycles. The Morgan fingerprint density at radius 2 is 2.10 bits per heavy atom. The van der Waals surface area contributed by atoms with Gasteiger partial charge in [-0.2, -0.15) is 0 Å². The second-order valence-electron chi connectivity index (χ2n) is 2.32. The average Bonchev–Trinajstić information content (AvgIpc) is 2.66. The summed E-state index contributed by atoms with van der Waals surface area (Å²) in [6, 6.07) is 0. The minimum Gasteiger partial charge on any atom is -0.468 e. The van der Waals surface area contributed by atoms with E-state index in [-0.39, 0.29) is 23.9 Å². The lowest BCUT2D eigenvalue weighted by atomic mass is 10.3. The highest BCUT2D eigenvalue weighted by Crippen LogP contribution is 2.35. The summed E-state index contributed by atoms with van der Waals surface area (Å²) in [6.45, 7) is 0. The molecule has 0 atom stereocenters. The standard InChI is InChI=1S/C6H11NO2.ClH/c1-7-6(3-4-6)5(8)9-2;/h7H,3-4H2,1-2H3;1H. The number of likely N-dealkylation sites (N-methyl/N-ethyl adjacent to an activating group) is 1. The summed E-state index contributed by atoms with van der Waals surface area (Å²) in [5, 5.41) is 2.93. The van der Waals surface area contributed by atoms with Crippen molar-refractivity contribution in [1.82, 2.24) is 5.32 Å². The molecule has 0 aromatic rings. The summed E-state index contributed by atoms with van der Waals surface area (Å²) >= 11 is 0. The van der Waals surface area contributed by atoms with Crippen molar-refractivity contribution in [2.45, 2.75) is 18.4 Å². The third kappa shape index (κ3) is 1.41. The zero-order valence-electron chi connectivity index (χ0n) is 6.14. The molecule has 0 heterocycles. The summed E-state index contributed by atoms with van der Waals surface area (Å²) < 4.78 is 4.57. The number of carbonyl (C=O) groups excluding carboxylic acids is 1. The van der Waals surface area contributed by atoms with Crippen LogP contribution in [0, 0.1) is 0 Å². The van der Waals surface area contributed by atoms with Crippen LogP contribution < -0.4 is 5.32 Å². The van der Waals surface area contributed by atoms with Crippen LogP contribution >= 0.6 is 12.4 Å². The van der Waals surface area contributed by atoms with Crippen molar-refractivity contribution >= 4 is 18.4 Å². The molecule has 0 unspecified atom stereocenters. The van der Waals surface area contributed by atoms with Crippen molar-refractivity contribution in [3.05, 3.63) is 0 Å². The Labute approximate surface area is 66.5 Å². The van der Waals surface area contributed by atoms with Gasteiger partial charge in [-0.15, -0.1) is 12.4 Å². The van der Waals surface area contributed by atoms with Gasteiger partial charge >= 0.3 is 5.97 Å². The first kappa shape index (κ1) is 9.72. The highest BCUT2D eigenvalue weighted by molar-refractivity contribution is 5.85. The zero-order valence-corrected chi connectivity index (χ0v) is 6.96. The Bertz CT molecular complexity index is 134. The predicted octanol–water partition coefficient (Wildman–Crippen LogP) is 0.333. The topological polar surface area (TPSA) is 38.3 Å². The van der Waals surface area contributed by atoms with Crippen molar-refractivity contribution in [2.75, 3.05) is 14.2 Å². The number of hydrogen-bond donors (Lipinski definition) is 1. The minimum absolute atomic E-state index is 0. The van der Waals surface area contributed by atoms with E-state index < -0.39 is 0 Å². The molecule has 1 fully saturated rings. The highest BCUT2D eigenvalue weighted by Gasteiger charge is 2.49. The smallest absolute Gasteiger partial charge is 0.326 e. The molecule has 0 saturated heterocycles. The van der Waals surface area contributed by atoms with Gasteiger partial charge in [-0.1, -0.05) is 0 Å². The molecule has 0 aromatic carbocycles. The number of methoxy groups -OCH3 is 1. The van der Waals surface area contributed by atoms with Crippen LogP contribution in [-0.2, 0) is 9.53 Å². The van der Waals surface area contributed by atoms with Crippen molar-refractivity contribution in [3.63, 3.8) is 0 Å². The second-order valence-corrected chi connectivity index (χ2v) is 2.32. The second kappa shape index (κ2) is 3.21. The Morgan fingerprint density at radius 1 is 1.60 bits per heavy atom. The number of nitrogens with one attached hydrogen (secondary N) is 1. The van der Waals surface area contributed by atoms with Gasteiger partial charge in [0.2, 0.25) is 0 Å². The van der Waals surface area contributed by atoms with E-state index in [9.17, 15) is 4.79 Å². The molecule has 1 rings (SSSR count). The molecule has 4 heteroatoms. The third-order valence-electron chi connectivity index (χ3n) is 1.80.